The molecule has 0 unspecified atom stereocenters. The summed E-state index contributed by atoms with van der Waals surface area (Å²) >= 11 is 0. The zero-order chi connectivity index (χ0) is 12.7. The van der Waals surface area contributed by atoms with Gasteiger partial charge in [-0.3, -0.25) is 0 Å². The summed E-state index contributed by atoms with van der Waals surface area (Å²) in [6.07, 6.45) is 0.605. The maximum absolute atomic E-state index is 11.7. The Kier molecular flexibility index (Phi) is 4.68. The van der Waals surface area contributed by atoms with E-state index in [1.165, 1.54) is 0 Å². The first kappa shape index (κ1) is 13.2. The fraction of sp³-hybridized carbons (Fsp3) is 0.333. The van der Waals surface area contributed by atoms with Gasteiger partial charge in [0, 0.05) is 6.42 Å². The number of nitrogens with zero attached hydrogens (tertiary/aromatic N) is 2. The monoisotopic (exact) mass is 248 g/mol. The molecular weight excluding hydrogens is 236 g/mol. The van der Waals surface area contributed by atoms with Gasteiger partial charge in [0.1, 0.15) is 0 Å². The molecule has 4 nitrogen and oxygen atoms in total. The summed E-state index contributed by atoms with van der Waals surface area (Å²) < 4.78 is 23.4. The Hall–Kier alpha value is -1.85. The van der Waals surface area contributed by atoms with E-state index in [4.69, 9.17) is 10.5 Å². The Labute approximate surface area is 101 Å². The predicted octanol–water partition coefficient (Wildman–Crippen LogP) is 1.78. The molecule has 0 aromatic heterocycles. The fourth-order valence-electron chi connectivity index (χ4n) is 1.43. The van der Waals surface area contributed by atoms with Crippen LogP contribution in [0.15, 0.2) is 24.3 Å². The third kappa shape index (κ3) is 4.67. The average molecular weight is 248 g/mol. The molecule has 5 heteroatoms. The van der Waals surface area contributed by atoms with Crippen LogP contribution in [0, 0.1) is 22.7 Å². The molecule has 0 heterocycles. The normalized spacial score (nSPS) is 10.5. The van der Waals surface area contributed by atoms with E-state index >= 15 is 0 Å². The Morgan fingerprint density at radius 1 is 1.24 bits per heavy atom. The van der Waals surface area contributed by atoms with Gasteiger partial charge in [0.15, 0.2) is 9.84 Å². The molecule has 0 radical (unpaired) electrons. The second kappa shape index (κ2) is 6.03. The van der Waals surface area contributed by atoms with Crippen LogP contribution in [0.4, 0.5) is 0 Å². The Morgan fingerprint density at radius 2 is 2.00 bits per heavy atom. The van der Waals surface area contributed by atoms with Gasteiger partial charge in [-0.2, -0.15) is 10.5 Å². The maximum Gasteiger partial charge on any atom is 0.154 e. The topological polar surface area (TPSA) is 81.7 Å². The lowest BCUT2D eigenvalue weighted by atomic mass is 10.2. The van der Waals surface area contributed by atoms with Gasteiger partial charge in [-0.05, 0) is 24.1 Å². The van der Waals surface area contributed by atoms with E-state index in [-0.39, 0.29) is 17.9 Å². The predicted molar refractivity (Wildman–Crippen MR) is 63.5 cm³/mol. The lowest BCUT2D eigenvalue weighted by molar-refractivity contribution is 0.593. The molecule has 0 aliphatic rings. The third-order valence-corrected chi connectivity index (χ3v) is 3.87. The summed E-state index contributed by atoms with van der Waals surface area (Å²) in [7, 11) is -3.19. The molecule has 1 aromatic carbocycles. The number of sulfone groups is 1. The van der Waals surface area contributed by atoms with Gasteiger partial charge in [0.2, 0.25) is 0 Å². The molecular formula is C12H12N2O2S. The number of nitriles is 2. The summed E-state index contributed by atoms with van der Waals surface area (Å²) in [6.45, 7) is 0. The van der Waals surface area contributed by atoms with Gasteiger partial charge < -0.3 is 0 Å². The second-order valence-corrected chi connectivity index (χ2v) is 5.85. The molecule has 88 valence electrons. The quantitative estimate of drug-likeness (QED) is 0.744. The highest BCUT2D eigenvalue weighted by Gasteiger charge is 2.11. The third-order valence-electron chi connectivity index (χ3n) is 2.19. The van der Waals surface area contributed by atoms with Gasteiger partial charge in [0.05, 0.1) is 29.2 Å². The lowest BCUT2D eigenvalue weighted by Crippen LogP contribution is -2.09. The SMILES string of the molecule is N#CCCCS(=O)(=O)Cc1cccc(C#N)c1. The molecule has 0 N–H and O–H groups in total. The van der Waals surface area contributed by atoms with Crippen LogP contribution in [0.25, 0.3) is 0 Å². The molecule has 17 heavy (non-hydrogen) atoms. The van der Waals surface area contributed by atoms with Crippen molar-refractivity contribution in [1.82, 2.24) is 0 Å². The summed E-state index contributed by atoms with van der Waals surface area (Å²) in [5.74, 6) is -0.0642. The van der Waals surface area contributed by atoms with Gasteiger partial charge in [-0.15, -0.1) is 0 Å². The summed E-state index contributed by atoms with van der Waals surface area (Å²) in [6, 6.07) is 10.4. The van der Waals surface area contributed by atoms with Crippen molar-refractivity contribution in [2.24, 2.45) is 0 Å². The van der Waals surface area contributed by atoms with Gasteiger partial charge in [-0.1, -0.05) is 12.1 Å². The van der Waals surface area contributed by atoms with Crippen LogP contribution in [-0.4, -0.2) is 14.2 Å². The zero-order valence-electron chi connectivity index (χ0n) is 9.26. The summed E-state index contributed by atoms with van der Waals surface area (Å²) in [4.78, 5) is 0. The van der Waals surface area contributed by atoms with E-state index in [0.717, 1.165) is 0 Å². The first-order valence-corrected chi connectivity index (χ1v) is 6.96. The fourth-order valence-corrected chi connectivity index (χ4v) is 2.84. The second-order valence-electron chi connectivity index (χ2n) is 3.67. The van der Waals surface area contributed by atoms with E-state index in [2.05, 4.69) is 0 Å². The molecule has 0 fully saturated rings. The van der Waals surface area contributed by atoms with Crippen molar-refractivity contribution in [3.63, 3.8) is 0 Å². The number of benzene rings is 1. The van der Waals surface area contributed by atoms with Crippen LogP contribution in [0.3, 0.4) is 0 Å². The van der Waals surface area contributed by atoms with Crippen molar-refractivity contribution >= 4 is 9.84 Å². The molecule has 0 saturated carbocycles. The van der Waals surface area contributed by atoms with Crippen LogP contribution >= 0.6 is 0 Å². The van der Waals surface area contributed by atoms with E-state index in [0.29, 0.717) is 17.5 Å². The van der Waals surface area contributed by atoms with Gasteiger partial charge in [-0.25, -0.2) is 8.42 Å². The maximum atomic E-state index is 11.7. The minimum absolute atomic E-state index is 0.0113. The van der Waals surface area contributed by atoms with Crippen molar-refractivity contribution in [2.45, 2.75) is 18.6 Å². The smallest absolute Gasteiger partial charge is 0.154 e. The lowest BCUT2D eigenvalue weighted by Gasteiger charge is -2.03. The average Bonchev–Trinajstić information content (AvgIpc) is 2.29. The number of rotatable bonds is 5. The molecule has 0 atom stereocenters. The van der Waals surface area contributed by atoms with Crippen molar-refractivity contribution in [2.75, 3.05) is 5.75 Å². The summed E-state index contributed by atoms with van der Waals surface area (Å²) in [5.41, 5.74) is 1.07. The van der Waals surface area contributed by atoms with E-state index in [9.17, 15) is 8.42 Å². The Bertz CT molecular complexity index is 565. The van der Waals surface area contributed by atoms with Crippen molar-refractivity contribution in [3.05, 3.63) is 35.4 Å². The van der Waals surface area contributed by atoms with Gasteiger partial charge >= 0.3 is 0 Å². The van der Waals surface area contributed by atoms with Crippen LogP contribution < -0.4 is 0 Å². The molecule has 0 spiro atoms. The minimum atomic E-state index is -3.19. The Morgan fingerprint density at radius 3 is 2.65 bits per heavy atom. The highest BCUT2D eigenvalue weighted by atomic mass is 32.2. The first-order chi connectivity index (χ1) is 8.07. The number of hydrogen-bond acceptors (Lipinski definition) is 4. The molecule has 0 aliphatic carbocycles. The van der Waals surface area contributed by atoms with Crippen LogP contribution in [0.5, 0.6) is 0 Å². The molecule has 0 aliphatic heterocycles. The highest BCUT2D eigenvalue weighted by molar-refractivity contribution is 7.90. The number of hydrogen-bond donors (Lipinski definition) is 0. The van der Waals surface area contributed by atoms with Crippen LogP contribution in [-0.2, 0) is 15.6 Å². The Balaban J connectivity index is 2.70. The van der Waals surface area contributed by atoms with Gasteiger partial charge in [0.25, 0.3) is 0 Å². The zero-order valence-corrected chi connectivity index (χ0v) is 10.1. The molecule has 0 amide bonds. The van der Waals surface area contributed by atoms with Crippen LogP contribution in [0.1, 0.15) is 24.0 Å². The molecule has 1 aromatic rings. The first-order valence-electron chi connectivity index (χ1n) is 5.14. The van der Waals surface area contributed by atoms with Crippen molar-refractivity contribution < 1.29 is 8.42 Å². The van der Waals surface area contributed by atoms with E-state index in [1.807, 2.05) is 12.1 Å². The standard InChI is InChI=1S/C12H12N2O2S/c13-6-1-2-7-17(15,16)10-12-5-3-4-11(8-12)9-14/h3-5,8H,1-2,7,10H2. The highest BCUT2D eigenvalue weighted by Crippen LogP contribution is 2.10. The van der Waals surface area contributed by atoms with E-state index in [1.54, 1.807) is 24.3 Å². The number of unbranched alkanes of at least 4 members (excludes halogenated alkanes) is 1. The minimum Gasteiger partial charge on any atom is -0.228 e. The molecule has 0 bridgehead atoms. The van der Waals surface area contributed by atoms with E-state index < -0.39 is 9.84 Å². The molecule has 0 saturated heterocycles. The van der Waals surface area contributed by atoms with Crippen LogP contribution in [0.2, 0.25) is 0 Å². The molecule has 1 rings (SSSR count). The van der Waals surface area contributed by atoms with Crippen molar-refractivity contribution in [1.29, 1.82) is 10.5 Å². The largest absolute Gasteiger partial charge is 0.228 e. The van der Waals surface area contributed by atoms with Crippen molar-refractivity contribution in [3.8, 4) is 12.1 Å². The summed E-state index contributed by atoms with van der Waals surface area (Å²) in [5, 5.41) is 17.0.